The predicted molar refractivity (Wildman–Crippen MR) is 91.7 cm³/mol. The highest BCUT2D eigenvalue weighted by Crippen LogP contribution is 2.25. The van der Waals surface area contributed by atoms with Crippen LogP contribution in [0.4, 0.5) is 0 Å². The molecule has 1 aromatic carbocycles. The molecule has 0 radical (unpaired) electrons. The van der Waals surface area contributed by atoms with Crippen LogP contribution >= 0.6 is 0 Å². The Morgan fingerprint density at radius 3 is 2.54 bits per heavy atom. The van der Waals surface area contributed by atoms with Crippen molar-refractivity contribution < 1.29 is 13.9 Å². The average molecular weight is 328 g/mol. The highest BCUT2D eigenvalue weighted by Gasteiger charge is 2.30. The molecular formula is C19H24N2O3. The van der Waals surface area contributed by atoms with Crippen LogP contribution in [-0.2, 0) is 16.0 Å². The number of hydrogen-bond acceptors (Lipinski definition) is 4. The first kappa shape index (κ1) is 16.7. The van der Waals surface area contributed by atoms with Crippen molar-refractivity contribution in [3.63, 3.8) is 0 Å². The molecule has 2 heterocycles. The zero-order valence-corrected chi connectivity index (χ0v) is 14.7. The second-order valence-electron chi connectivity index (χ2n) is 6.55. The van der Waals surface area contributed by atoms with Crippen LogP contribution in [0.1, 0.15) is 30.9 Å². The molecule has 0 spiro atoms. The fourth-order valence-electron chi connectivity index (χ4n) is 3.25. The summed E-state index contributed by atoms with van der Waals surface area (Å²) in [5, 5.41) is 0. The molecule has 1 saturated heterocycles. The van der Waals surface area contributed by atoms with Gasteiger partial charge in [-0.1, -0.05) is 18.2 Å². The predicted octanol–water partition coefficient (Wildman–Crippen LogP) is 3.14. The van der Waals surface area contributed by atoms with Gasteiger partial charge in [0.15, 0.2) is 0 Å². The number of carbonyl (C=O) groups is 1. The SMILES string of the molecule is Cc1ccccc1-c1nc(CC(=O)N2C(C)COCC2C)c(C)o1. The number of morpholine rings is 1. The molecule has 5 heteroatoms. The molecule has 1 aliphatic heterocycles. The number of aromatic nitrogens is 1. The molecule has 128 valence electrons. The molecule has 2 unspecified atom stereocenters. The number of hydrogen-bond donors (Lipinski definition) is 0. The maximum Gasteiger partial charge on any atom is 0.229 e. The van der Waals surface area contributed by atoms with Gasteiger partial charge in [0.2, 0.25) is 11.8 Å². The summed E-state index contributed by atoms with van der Waals surface area (Å²) >= 11 is 0. The first-order valence-corrected chi connectivity index (χ1v) is 8.38. The minimum atomic E-state index is 0.0750. The summed E-state index contributed by atoms with van der Waals surface area (Å²) < 4.78 is 11.3. The molecule has 2 atom stereocenters. The third-order valence-corrected chi connectivity index (χ3v) is 4.54. The van der Waals surface area contributed by atoms with Gasteiger partial charge in [0, 0.05) is 5.56 Å². The number of oxazole rings is 1. The summed E-state index contributed by atoms with van der Waals surface area (Å²) in [6.07, 6.45) is 0.260. The smallest absolute Gasteiger partial charge is 0.229 e. The van der Waals surface area contributed by atoms with Crippen LogP contribution in [0.2, 0.25) is 0 Å². The van der Waals surface area contributed by atoms with E-state index in [1.54, 1.807) is 0 Å². The van der Waals surface area contributed by atoms with Gasteiger partial charge in [0.1, 0.15) is 5.76 Å². The highest BCUT2D eigenvalue weighted by molar-refractivity contribution is 5.79. The van der Waals surface area contributed by atoms with Gasteiger partial charge in [0.05, 0.1) is 37.4 Å². The lowest BCUT2D eigenvalue weighted by molar-refractivity contribution is -0.143. The molecule has 5 nitrogen and oxygen atoms in total. The first-order chi connectivity index (χ1) is 11.5. The maximum absolute atomic E-state index is 12.7. The second kappa shape index (κ2) is 6.77. The molecule has 0 aliphatic carbocycles. The van der Waals surface area contributed by atoms with E-state index in [1.165, 1.54) is 0 Å². The minimum Gasteiger partial charge on any atom is -0.441 e. The molecule has 0 saturated carbocycles. The topological polar surface area (TPSA) is 55.6 Å². The molecule has 0 N–H and O–H groups in total. The number of nitrogens with zero attached hydrogens (tertiary/aromatic N) is 2. The zero-order chi connectivity index (χ0) is 17.3. The van der Waals surface area contributed by atoms with Crippen molar-refractivity contribution in [1.29, 1.82) is 0 Å². The largest absolute Gasteiger partial charge is 0.441 e. The number of aryl methyl sites for hydroxylation is 2. The van der Waals surface area contributed by atoms with Gasteiger partial charge in [-0.05, 0) is 39.3 Å². The van der Waals surface area contributed by atoms with Crippen LogP contribution in [-0.4, -0.2) is 41.1 Å². The minimum absolute atomic E-state index is 0.0750. The van der Waals surface area contributed by atoms with Crippen LogP contribution < -0.4 is 0 Å². The van der Waals surface area contributed by atoms with Crippen LogP contribution in [0.3, 0.4) is 0 Å². The van der Waals surface area contributed by atoms with Gasteiger partial charge in [-0.25, -0.2) is 4.98 Å². The van der Waals surface area contributed by atoms with Crippen LogP contribution in [0.25, 0.3) is 11.5 Å². The summed E-state index contributed by atoms with van der Waals surface area (Å²) in [5.74, 6) is 1.36. The Balaban J connectivity index is 1.81. The summed E-state index contributed by atoms with van der Waals surface area (Å²) in [7, 11) is 0. The van der Waals surface area contributed by atoms with Crippen molar-refractivity contribution in [1.82, 2.24) is 9.88 Å². The summed E-state index contributed by atoms with van der Waals surface area (Å²) in [6.45, 7) is 9.09. The van der Waals surface area contributed by atoms with Crippen molar-refractivity contribution in [2.45, 2.75) is 46.2 Å². The van der Waals surface area contributed by atoms with E-state index in [4.69, 9.17) is 9.15 Å². The van der Waals surface area contributed by atoms with Crippen molar-refractivity contribution in [3.8, 4) is 11.5 Å². The van der Waals surface area contributed by atoms with Gasteiger partial charge >= 0.3 is 0 Å². The fourth-order valence-corrected chi connectivity index (χ4v) is 3.25. The Hall–Kier alpha value is -2.14. The molecule has 2 aromatic rings. The Morgan fingerprint density at radius 2 is 1.88 bits per heavy atom. The normalized spacial score (nSPS) is 21.1. The molecule has 1 amide bonds. The molecular weight excluding hydrogens is 304 g/mol. The number of rotatable bonds is 3. The standard InChI is InChI=1S/C19H24N2O3/c1-12-7-5-6-8-16(12)19-20-17(15(4)24-19)9-18(22)21-13(2)10-23-11-14(21)3/h5-8,13-14H,9-11H2,1-4H3. The van der Waals surface area contributed by atoms with E-state index in [0.717, 1.165) is 11.1 Å². The molecule has 1 fully saturated rings. The maximum atomic E-state index is 12.7. The Kier molecular flexibility index (Phi) is 4.71. The van der Waals surface area contributed by atoms with Gasteiger partial charge in [-0.3, -0.25) is 4.79 Å². The lowest BCUT2D eigenvalue weighted by atomic mass is 10.1. The van der Waals surface area contributed by atoms with E-state index in [0.29, 0.717) is 30.6 Å². The average Bonchev–Trinajstić information content (AvgIpc) is 2.88. The quantitative estimate of drug-likeness (QED) is 0.868. The summed E-state index contributed by atoms with van der Waals surface area (Å²) in [4.78, 5) is 19.2. The third kappa shape index (κ3) is 3.22. The van der Waals surface area contributed by atoms with Gasteiger partial charge in [-0.2, -0.15) is 0 Å². The Bertz CT molecular complexity index is 728. The molecule has 1 aromatic heterocycles. The number of ether oxygens (including phenoxy) is 1. The van der Waals surface area contributed by atoms with Crippen LogP contribution in [0.15, 0.2) is 28.7 Å². The fraction of sp³-hybridized carbons (Fsp3) is 0.474. The number of benzene rings is 1. The van der Waals surface area contributed by atoms with Crippen LogP contribution in [0.5, 0.6) is 0 Å². The third-order valence-electron chi connectivity index (χ3n) is 4.54. The van der Waals surface area contributed by atoms with Crippen molar-refractivity contribution in [2.75, 3.05) is 13.2 Å². The second-order valence-corrected chi connectivity index (χ2v) is 6.55. The molecule has 3 rings (SSSR count). The molecule has 1 aliphatic rings. The molecule has 24 heavy (non-hydrogen) atoms. The van der Waals surface area contributed by atoms with E-state index in [2.05, 4.69) is 4.98 Å². The van der Waals surface area contributed by atoms with Crippen molar-refractivity contribution >= 4 is 5.91 Å². The number of amides is 1. The highest BCUT2D eigenvalue weighted by atomic mass is 16.5. The first-order valence-electron chi connectivity index (χ1n) is 8.38. The van der Waals surface area contributed by atoms with Crippen molar-refractivity contribution in [3.05, 3.63) is 41.3 Å². The Morgan fingerprint density at radius 1 is 1.21 bits per heavy atom. The van der Waals surface area contributed by atoms with E-state index >= 15 is 0 Å². The summed E-state index contributed by atoms with van der Waals surface area (Å²) in [5.41, 5.74) is 2.78. The van der Waals surface area contributed by atoms with Crippen LogP contribution in [0, 0.1) is 13.8 Å². The van der Waals surface area contributed by atoms with E-state index in [1.807, 2.05) is 56.9 Å². The van der Waals surface area contributed by atoms with E-state index in [-0.39, 0.29) is 24.4 Å². The Labute approximate surface area is 142 Å². The lowest BCUT2D eigenvalue weighted by Crippen LogP contribution is -2.53. The van der Waals surface area contributed by atoms with Crippen molar-refractivity contribution in [2.24, 2.45) is 0 Å². The van der Waals surface area contributed by atoms with E-state index < -0.39 is 0 Å². The van der Waals surface area contributed by atoms with Gasteiger partial charge in [-0.15, -0.1) is 0 Å². The monoisotopic (exact) mass is 328 g/mol. The zero-order valence-electron chi connectivity index (χ0n) is 14.7. The lowest BCUT2D eigenvalue weighted by Gasteiger charge is -2.38. The van der Waals surface area contributed by atoms with E-state index in [9.17, 15) is 4.79 Å². The molecule has 0 bridgehead atoms. The summed E-state index contributed by atoms with van der Waals surface area (Å²) in [6, 6.07) is 8.13. The van der Waals surface area contributed by atoms with Gasteiger partial charge in [0.25, 0.3) is 0 Å². The number of carbonyl (C=O) groups excluding carboxylic acids is 1. The van der Waals surface area contributed by atoms with Gasteiger partial charge < -0.3 is 14.1 Å².